The fraction of sp³-hybridized carbons (Fsp3) is 0.222. The van der Waals surface area contributed by atoms with Crippen molar-refractivity contribution in [3.63, 3.8) is 0 Å². The molecule has 1 aromatic carbocycles. The lowest BCUT2D eigenvalue weighted by molar-refractivity contribution is -0.138. The van der Waals surface area contributed by atoms with Gasteiger partial charge < -0.3 is 21.5 Å². The summed E-state index contributed by atoms with van der Waals surface area (Å²) >= 11 is 0. The zero-order valence-corrected chi connectivity index (χ0v) is 15.7. The number of nitrogens with two attached hydrogens (primary N) is 2. The molecule has 0 fully saturated rings. The van der Waals surface area contributed by atoms with Gasteiger partial charge in [0.2, 0.25) is 5.96 Å². The maximum atomic E-state index is 13.6. The first-order chi connectivity index (χ1) is 14.1. The molecule has 9 nitrogen and oxygen atoms in total. The molecule has 1 unspecified atom stereocenters. The lowest BCUT2D eigenvalue weighted by atomic mass is 9.92. The molecule has 12 heteroatoms. The van der Waals surface area contributed by atoms with Crippen LogP contribution in [-0.4, -0.2) is 18.1 Å². The van der Waals surface area contributed by atoms with Gasteiger partial charge in [0.1, 0.15) is 35.1 Å². The number of aromatic nitrogens is 1. The van der Waals surface area contributed by atoms with Crippen LogP contribution in [0.1, 0.15) is 33.9 Å². The summed E-state index contributed by atoms with van der Waals surface area (Å²) in [7, 11) is 1.15. The van der Waals surface area contributed by atoms with E-state index in [9.17, 15) is 18.4 Å². The Morgan fingerprint density at radius 2 is 1.97 bits per heavy atom. The van der Waals surface area contributed by atoms with Gasteiger partial charge in [0.05, 0.1) is 18.4 Å². The van der Waals surface area contributed by atoms with Gasteiger partial charge in [0.25, 0.3) is 0 Å². The smallest absolute Gasteiger partial charge is 0.419 e. The van der Waals surface area contributed by atoms with Crippen LogP contribution in [0.5, 0.6) is 5.75 Å². The number of fused-ring (bicyclic) bond motifs is 1. The van der Waals surface area contributed by atoms with E-state index in [1.807, 2.05) is 6.07 Å². The Bertz CT molecular complexity index is 1140. The Morgan fingerprint density at radius 3 is 2.53 bits per heavy atom. The van der Waals surface area contributed by atoms with Gasteiger partial charge in [-0.05, 0) is 30.2 Å². The van der Waals surface area contributed by atoms with Gasteiger partial charge in [-0.3, -0.25) is 5.32 Å². The van der Waals surface area contributed by atoms with Gasteiger partial charge in [0, 0.05) is 5.56 Å². The molecule has 30 heavy (non-hydrogen) atoms. The highest BCUT2D eigenvalue weighted by molar-refractivity contribution is 5.98. The number of aryl methyl sites for hydroxylation is 1. The highest BCUT2D eigenvalue weighted by Gasteiger charge is 2.37. The molecular weight excluding hydrogens is 401 g/mol. The number of pyridine rings is 1. The van der Waals surface area contributed by atoms with Crippen LogP contribution in [-0.2, 0) is 6.18 Å². The number of halogens is 3. The third kappa shape index (κ3) is 3.35. The number of anilines is 3. The highest BCUT2D eigenvalue weighted by atomic mass is 19.4. The third-order valence-electron chi connectivity index (χ3n) is 4.48. The monoisotopic (exact) mass is 416 g/mol. The fourth-order valence-corrected chi connectivity index (χ4v) is 3.26. The van der Waals surface area contributed by atoms with Crippen LogP contribution in [0.2, 0.25) is 0 Å². The van der Waals surface area contributed by atoms with Crippen LogP contribution in [0.4, 0.5) is 30.5 Å². The second-order valence-corrected chi connectivity index (χ2v) is 6.32. The molecule has 1 aliphatic rings. The zero-order valence-electron chi connectivity index (χ0n) is 15.7. The van der Waals surface area contributed by atoms with Crippen molar-refractivity contribution in [1.82, 2.24) is 10.3 Å². The number of hydrogen-bond acceptors (Lipinski definition) is 9. The van der Waals surface area contributed by atoms with Crippen molar-refractivity contribution in [1.29, 1.82) is 10.5 Å². The summed E-state index contributed by atoms with van der Waals surface area (Å²) in [5.74, 6) is -0.474. The van der Waals surface area contributed by atoms with Gasteiger partial charge in [-0.25, -0.2) is 9.98 Å². The number of nitriles is 2. The van der Waals surface area contributed by atoms with E-state index in [0.29, 0.717) is 0 Å². The quantitative estimate of drug-likeness (QED) is 0.429. The molecule has 2 aromatic rings. The Labute approximate surface area is 168 Å². The first-order valence-corrected chi connectivity index (χ1v) is 8.36. The maximum absolute atomic E-state index is 13.6. The molecule has 0 spiro atoms. The van der Waals surface area contributed by atoms with E-state index < -0.39 is 17.8 Å². The van der Waals surface area contributed by atoms with Crippen molar-refractivity contribution < 1.29 is 17.9 Å². The molecule has 0 saturated heterocycles. The average Bonchev–Trinajstić information content (AvgIpc) is 2.66. The SMILES string of the molecule is COc1c(C)cc(C2N=C(NC#N)Nc3nc(N)c(C#N)c(N)c32)cc1C(F)(F)F. The molecule has 0 saturated carbocycles. The number of nitrogens with zero attached hydrogens (tertiary/aromatic N) is 4. The maximum Gasteiger partial charge on any atom is 0.419 e. The molecule has 1 aliphatic heterocycles. The lowest BCUT2D eigenvalue weighted by Crippen LogP contribution is -2.33. The van der Waals surface area contributed by atoms with Gasteiger partial charge in [0.15, 0.2) is 6.19 Å². The van der Waals surface area contributed by atoms with E-state index in [1.54, 1.807) is 6.19 Å². The number of rotatable bonds is 2. The molecule has 6 N–H and O–H groups in total. The summed E-state index contributed by atoms with van der Waals surface area (Å²) in [6.07, 6.45) is -3.02. The van der Waals surface area contributed by atoms with E-state index in [4.69, 9.17) is 21.5 Å². The Balaban J connectivity index is 2.32. The van der Waals surface area contributed by atoms with Crippen molar-refractivity contribution in [3.8, 4) is 18.0 Å². The summed E-state index contributed by atoms with van der Waals surface area (Å²) in [4.78, 5) is 8.33. The summed E-state index contributed by atoms with van der Waals surface area (Å²) in [5, 5.41) is 23.2. The van der Waals surface area contributed by atoms with Crippen molar-refractivity contribution in [2.24, 2.45) is 4.99 Å². The van der Waals surface area contributed by atoms with E-state index in [2.05, 4.69) is 20.6 Å². The largest absolute Gasteiger partial charge is 0.496 e. The second kappa shape index (κ2) is 7.33. The van der Waals surface area contributed by atoms with Gasteiger partial charge >= 0.3 is 6.18 Å². The van der Waals surface area contributed by atoms with Crippen molar-refractivity contribution >= 4 is 23.3 Å². The van der Waals surface area contributed by atoms with E-state index in [0.717, 1.165) is 13.2 Å². The van der Waals surface area contributed by atoms with Crippen LogP contribution in [0.25, 0.3) is 0 Å². The predicted molar refractivity (Wildman–Crippen MR) is 102 cm³/mol. The number of alkyl halides is 3. The molecule has 2 heterocycles. The number of nitrogens with one attached hydrogen (secondary N) is 2. The van der Waals surface area contributed by atoms with Crippen LogP contribution < -0.4 is 26.8 Å². The number of nitrogen functional groups attached to an aromatic ring is 2. The molecular formula is C18H15F3N8O. The zero-order chi connectivity index (χ0) is 22.2. The Kier molecular flexibility index (Phi) is 5.02. The normalized spacial score (nSPS) is 15.2. The summed E-state index contributed by atoms with van der Waals surface area (Å²) in [5.41, 5.74) is 11.2. The summed E-state index contributed by atoms with van der Waals surface area (Å²) < 4.78 is 45.8. The van der Waals surface area contributed by atoms with Crippen LogP contribution in [0.3, 0.4) is 0 Å². The minimum atomic E-state index is -4.69. The van der Waals surface area contributed by atoms with E-state index in [-0.39, 0.29) is 51.3 Å². The standard InChI is InChI=1S/C18H15F3N8O/c1-7-3-8(4-10(14(7)30-2)18(19,20)21)13-11-12(24)9(5-22)15(25)28-16(11)29-17(27-13)26-6-23/h3-4,13H,1-2H3,(H6,24,25,26,27,28,29). The molecule has 1 aromatic heterocycles. The van der Waals surface area contributed by atoms with Gasteiger partial charge in [-0.2, -0.15) is 23.7 Å². The van der Waals surface area contributed by atoms with E-state index in [1.165, 1.54) is 13.0 Å². The molecule has 0 bridgehead atoms. The van der Waals surface area contributed by atoms with Gasteiger partial charge in [-0.1, -0.05) is 0 Å². The minimum absolute atomic E-state index is 0.0620. The summed E-state index contributed by atoms with van der Waals surface area (Å²) in [6.45, 7) is 1.46. The topological polar surface area (TPSA) is 158 Å². The van der Waals surface area contributed by atoms with Crippen molar-refractivity contribution in [2.45, 2.75) is 19.1 Å². The van der Waals surface area contributed by atoms with Crippen LogP contribution >= 0.6 is 0 Å². The summed E-state index contributed by atoms with van der Waals surface area (Å²) in [6, 6.07) is 3.09. The molecule has 0 radical (unpaired) electrons. The first-order valence-electron chi connectivity index (χ1n) is 8.36. The second-order valence-electron chi connectivity index (χ2n) is 6.32. The van der Waals surface area contributed by atoms with Crippen molar-refractivity contribution in [2.75, 3.05) is 23.9 Å². The first kappa shape index (κ1) is 20.5. The minimum Gasteiger partial charge on any atom is -0.496 e. The number of guanidine groups is 1. The molecule has 154 valence electrons. The van der Waals surface area contributed by atoms with Crippen molar-refractivity contribution in [3.05, 3.63) is 39.9 Å². The Morgan fingerprint density at radius 1 is 1.27 bits per heavy atom. The number of methoxy groups -OCH3 is 1. The number of hydrogen-bond donors (Lipinski definition) is 4. The lowest BCUT2D eigenvalue weighted by Gasteiger charge is -2.27. The Hall–Kier alpha value is -4.19. The number of aliphatic imine (C=N–C) groups is 1. The molecule has 0 amide bonds. The van der Waals surface area contributed by atoms with Crippen LogP contribution in [0.15, 0.2) is 17.1 Å². The molecule has 1 atom stereocenters. The number of ether oxygens (including phenoxy) is 1. The third-order valence-corrected chi connectivity index (χ3v) is 4.48. The highest BCUT2D eigenvalue weighted by Crippen LogP contribution is 2.44. The average molecular weight is 416 g/mol. The van der Waals surface area contributed by atoms with Crippen LogP contribution in [0, 0.1) is 29.7 Å². The van der Waals surface area contributed by atoms with E-state index >= 15 is 0 Å². The number of benzene rings is 1. The molecule has 0 aliphatic carbocycles. The fourth-order valence-electron chi connectivity index (χ4n) is 3.26. The predicted octanol–water partition coefficient (Wildman–Crippen LogP) is 2.40. The van der Waals surface area contributed by atoms with Gasteiger partial charge in [-0.15, -0.1) is 0 Å². The molecule has 3 rings (SSSR count).